The molecule has 31 heavy (non-hydrogen) atoms. The molecule has 0 unspecified atom stereocenters. The first-order chi connectivity index (χ1) is 14.3. The van der Waals surface area contributed by atoms with E-state index in [0.717, 1.165) is 25.2 Å². The highest BCUT2D eigenvalue weighted by molar-refractivity contribution is 7.92. The molecule has 0 radical (unpaired) electrons. The third-order valence-corrected chi connectivity index (χ3v) is 7.83. The van der Waals surface area contributed by atoms with Crippen LogP contribution >= 0.6 is 23.7 Å². The number of para-hydroxylation sites is 1. The number of hydrogen-bond donors (Lipinski definition) is 1. The molecular weight excluding hydrogens is 456 g/mol. The average Bonchev–Trinajstić information content (AvgIpc) is 3.15. The molecule has 1 N–H and O–H groups in total. The van der Waals surface area contributed by atoms with Crippen molar-refractivity contribution in [2.24, 2.45) is 0 Å². The number of halogens is 1. The fourth-order valence-corrected chi connectivity index (χ4v) is 5.54. The van der Waals surface area contributed by atoms with E-state index in [1.54, 1.807) is 24.3 Å². The van der Waals surface area contributed by atoms with Gasteiger partial charge in [0.1, 0.15) is 0 Å². The summed E-state index contributed by atoms with van der Waals surface area (Å²) >= 11 is 1.48. The normalized spacial score (nSPS) is 13.7. The minimum atomic E-state index is -3.71. The van der Waals surface area contributed by atoms with Gasteiger partial charge in [0.2, 0.25) is 0 Å². The molecule has 164 valence electrons. The van der Waals surface area contributed by atoms with Crippen LogP contribution in [0.5, 0.6) is 0 Å². The van der Waals surface area contributed by atoms with Gasteiger partial charge in [0.15, 0.2) is 5.13 Å². The topological polar surface area (TPSA) is 82.6 Å². The van der Waals surface area contributed by atoms with Crippen LogP contribution in [0, 0.1) is 0 Å². The number of thiazole rings is 1. The zero-order chi connectivity index (χ0) is 21.3. The lowest BCUT2D eigenvalue weighted by atomic mass is 10.2. The minimum absolute atomic E-state index is 0. The number of sulfonamides is 1. The van der Waals surface area contributed by atoms with Gasteiger partial charge in [-0.3, -0.25) is 14.4 Å². The maximum atomic E-state index is 12.9. The number of benzene rings is 2. The maximum Gasteiger partial charge on any atom is 0.264 e. The second-order valence-corrected chi connectivity index (χ2v) is 10.2. The van der Waals surface area contributed by atoms with Crippen molar-refractivity contribution in [3.05, 3.63) is 70.7 Å². The molecule has 2 heterocycles. The second kappa shape index (κ2) is 9.35. The van der Waals surface area contributed by atoms with E-state index in [1.165, 1.54) is 51.8 Å². The summed E-state index contributed by atoms with van der Waals surface area (Å²) < 4.78 is 26.9. The molecule has 1 aromatic heterocycles. The van der Waals surface area contributed by atoms with Crippen molar-refractivity contribution in [3.63, 3.8) is 0 Å². The smallest absolute Gasteiger partial charge is 0.264 e. The summed E-state index contributed by atoms with van der Waals surface area (Å²) in [4.78, 5) is 20.6. The maximum absolute atomic E-state index is 12.9. The van der Waals surface area contributed by atoms with Gasteiger partial charge < -0.3 is 4.90 Å². The Morgan fingerprint density at radius 3 is 2.48 bits per heavy atom. The molecule has 1 aliphatic rings. The molecule has 0 aliphatic carbocycles. The van der Waals surface area contributed by atoms with Crippen molar-refractivity contribution in [2.75, 3.05) is 30.3 Å². The Morgan fingerprint density at radius 1 is 1.13 bits per heavy atom. The zero-order valence-corrected chi connectivity index (χ0v) is 19.6. The number of likely N-dealkylation sites (N-methyl/N-ethyl adjacent to an activating group) is 1. The number of amides is 1. The van der Waals surface area contributed by atoms with Crippen LogP contribution in [0.25, 0.3) is 0 Å². The lowest BCUT2D eigenvalue weighted by Crippen LogP contribution is -2.26. The summed E-state index contributed by atoms with van der Waals surface area (Å²) in [6.45, 7) is 1.79. The minimum Gasteiger partial charge on any atom is -0.301 e. The standard InChI is InChI=1S/C21H22N4O3S2.ClH/c1-24-13-12-18-19(14-24)29-21(22-18)23-20(26)15-8-10-17(11-9-15)30(27,28)25(2)16-6-4-3-5-7-16;/h3-11H,12-14H2,1-2H3,(H,22,23,26);1H. The van der Waals surface area contributed by atoms with Gasteiger partial charge in [-0.25, -0.2) is 13.4 Å². The molecule has 0 atom stereocenters. The highest BCUT2D eigenvalue weighted by Crippen LogP contribution is 2.28. The number of nitrogens with zero attached hydrogens (tertiary/aromatic N) is 3. The first-order valence-electron chi connectivity index (χ1n) is 9.47. The second-order valence-electron chi connectivity index (χ2n) is 7.16. The molecule has 3 aromatic rings. The Labute approximate surface area is 192 Å². The van der Waals surface area contributed by atoms with Crippen LogP contribution in [-0.2, 0) is 23.0 Å². The Balaban J connectivity index is 0.00000272. The van der Waals surface area contributed by atoms with Gasteiger partial charge in [0.05, 0.1) is 16.3 Å². The highest BCUT2D eigenvalue weighted by Gasteiger charge is 2.22. The predicted octanol–water partition coefficient (Wildman–Crippen LogP) is 3.63. The number of nitrogens with one attached hydrogen (secondary N) is 1. The Morgan fingerprint density at radius 2 is 1.81 bits per heavy atom. The van der Waals surface area contributed by atoms with E-state index >= 15 is 0 Å². The Kier molecular flexibility index (Phi) is 7.00. The fraction of sp³-hybridized carbons (Fsp3) is 0.238. The van der Waals surface area contributed by atoms with E-state index in [1.807, 2.05) is 6.07 Å². The SMILES string of the molecule is CN1CCc2nc(NC(=O)c3ccc(S(=O)(=O)N(C)c4ccccc4)cc3)sc2C1.Cl. The third kappa shape index (κ3) is 4.90. The van der Waals surface area contributed by atoms with E-state index in [2.05, 4.69) is 22.2 Å². The van der Waals surface area contributed by atoms with Gasteiger partial charge in [0.25, 0.3) is 15.9 Å². The van der Waals surface area contributed by atoms with Crippen molar-refractivity contribution in [1.82, 2.24) is 9.88 Å². The molecule has 10 heteroatoms. The van der Waals surface area contributed by atoms with Crippen molar-refractivity contribution in [2.45, 2.75) is 17.9 Å². The van der Waals surface area contributed by atoms with Crippen LogP contribution in [0.15, 0.2) is 59.5 Å². The van der Waals surface area contributed by atoms with E-state index in [4.69, 9.17) is 0 Å². The molecular formula is C21H23ClN4O3S2. The van der Waals surface area contributed by atoms with Gasteiger partial charge >= 0.3 is 0 Å². The van der Waals surface area contributed by atoms with Crippen molar-refractivity contribution >= 4 is 50.5 Å². The van der Waals surface area contributed by atoms with Gasteiger partial charge in [-0.1, -0.05) is 18.2 Å². The van der Waals surface area contributed by atoms with E-state index in [9.17, 15) is 13.2 Å². The van der Waals surface area contributed by atoms with Crippen molar-refractivity contribution < 1.29 is 13.2 Å². The Hall–Kier alpha value is -2.46. The van der Waals surface area contributed by atoms with Gasteiger partial charge in [-0.15, -0.1) is 23.7 Å². The van der Waals surface area contributed by atoms with Crippen LogP contribution in [0.1, 0.15) is 20.9 Å². The monoisotopic (exact) mass is 478 g/mol. The molecule has 1 amide bonds. The first-order valence-corrected chi connectivity index (χ1v) is 11.7. The van der Waals surface area contributed by atoms with Gasteiger partial charge in [0, 0.05) is 37.0 Å². The summed E-state index contributed by atoms with van der Waals surface area (Å²) in [5.41, 5.74) is 1.98. The summed E-state index contributed by atoms with van der Waals surface area (Å²) in [5, 5.41) is 3.40. The molecule has 4 rings (SSSR count). The lowest BCUT2D eigenvalue weighted by molar-refractivity contribution is 0.102. The average molecular weight is 479 g/mol. The summed E-state index contributed by atoms with van der Waals surface area (Å²) in [5.74, 6) is -0.310. The van der Waals surface area contributed by atoms with E-state index < -0.39 is 10.0 Å². The zero-order valence-electron chi connectivity index (χ0n) is 17.1. The molecule has 0 fully saturated rings. The molecule has 0 saturated heterocycles. The number of rotatable bonds is 5. The highest BCUT2D eigenvalue weighted by atomic mass is 35.5. The number of carbonyl (C=O) groups is 1. The van der Waals surface area contributed by atoms with E-state index in [-0.39, 0.29) is 23.2 Å². The summed E-state index contributed by atoms with van der Waals surface area (Å²) in [6, 6.07) is 14.8. The van der Waals surface area contributed by atoms with Crippen molar-refractivity contribution in [3.8, 4) is 0 Å². The third-order valence-electron chi connectivity index (χ3n) is 5.04. The fourth-order valence-electron chi connectivity index (χ4n) is 3.26. The largest absolute Gasteiger partial charge is 0.301 e. The molecule has 0 spiro atoms. The van der Waals surface area contributed by atoms with Crippen molar-refractivity contribution in [1.29, 1.82) is 0 Å². The molecule has 0 saturated carbocycles. The quantitative estimate of drug-likeness (QED) is 0.605. The molecule has 1 aliphatic heterocycles. The van der Waals surface area contributed by atoms with Gasteiger partial charge in [-0.05, 0) is 43.4 Å². The van der Waals surface area contributed by atoms with E-state index in [0.29, 0.717) is 16.4 Å². The molecule has 0 bridgehead atoms. The molecule has 2 aromatic carbocycles. The summed E-state index contributed by atoms with van der Waals surface area (Å²) in [7, 11) is -0.146. The van der Waals surface area contributed by atoms with Crippen LogP contribution in [0.2, 0.25) is 0 Å². The van der Waals surface area contributed by atoms with Crippen LogP contribution in [0.4, 0.5) is 10.8 Å². The Bertz CT molecular complexity index is 1170. The number of aromatic nitrogens is 1. The summed E-state index contributed by atoms with van der Waals surface area (Å²) in [6.07, 6.45) is 0.875. The number of anilines is 2. The van der Waals surface area contributed by atoms with Crippen LogP contribution in [-0.4, -0.2) is 44.8 Å². The van der Waals surface area contributed by atoms with Crippen LogP contribution in [0.3, 0.4) is 0 Å². The van der Waals surface area contributed by atoms with Crippen LogP contribution < -0.4 is 9.62 Å². The molecule has 7 nitrogen and oxygen atoms in total. The first kappa shape index (κ1) is 23.2. The predicted molar refractivity (Wildman–Crippen MR) is 126 cm³/mol. The number of carbonyl (C=O) groups excluding carboxylic acids is 1. The number of hydrogen-bond acceptors (Lipinski definition) is 6. The lowest BCUT2D eigenvalue weighted by Gasteiger charge is -2.20. The van der Waals surface area contributed by atoms with Gasteiger partial charge in [-0.2, -0.15) is 0 Å². The number of fused-ring (bicyclic) bond motifs is 1.